The van der Waals surface area contributed by atoms with Gasteiger partial charge in [0.05, 0.1) is 0 Å². The largest absolute Gasteiger partial charge is 0.246 e. The van der Waals surface area contributed by atoms with Crippen molar-refractivity contribution in [3.63, 3.8) is 0 Å². The minimum Gasteiger partial charge on any atom is -0.246 e. The van der Waals surface area contributed by atoms with E-state index < -0.39 is 9.73 Å². The maximum Gasteiger partial charge on any atom is 0.226 e. The van der Waals surface area contributed by atoms with Crippen LogP contribution in [0.15, 0.2) is 17.6 Å². The average molecular weight is 213 g/mol. The molecule has 1 N–H and O–H groups in total. The number of hydrogen-bond donors (Lipinski definition) is 1. The lowest BCUT2D eigenvalue weighted by Crippen LogP contribution is -2.13. The van der Waals surface area contributed by atoms with Crippen molar-refractivity contribution in [3.05, 3.63) is 18.0 Å². The molecule has 0 unspecified atom stereocenters. The van der Waals surface area contributed by atoms with Gasteiger partial charge in [-0.25, -0.2) is 19.0 Å². The third-order valence-corrected chi connectivity index (χ3v) is 2.75. The molecular weight excluding hydrogens is 198 g/mol. The molecule has 4 nitrogen and oxygen atoms in total. The molecule has 0 saturated heterocycles. The molecule has 0 aromatic carbocycles. The summed E-state index contributed by atoms with van der Waals surface area (Å²) in [7, 11) is -2.79. The van der Waals surface area contributed by atoms with Crippen LogP contribution in [0.5, 0.6) is 0 Å². The van der Waals surface area contributed by atoms with Crippen molar-refractivity contribution in [1.29, 1.82) is 4.78 Å². The van der Waals surface area contributed by atoms with Crippen molar-refractivity contribution in [2.75, 3.05) is 6.26 Å². The molecule has 0 aliphatic heterocycles. The fourth-order valence-corrected chi connectivity index (χ4v) is 1.41. The molecule has 0 radical (unpaired) electrons. The van der Waals surface area contributed by atoms with Gasteiger partial charge in [-0.3, -0.25) is 0 Å². The normalized spacial score (nSPS) is 16.3. The molecule has 0 amide bonds. The predicted molar refractivity (Wildman–Crippen MR) is 55.8 cm³/mol. The zero-order chi connectivity index (χ0) is 11.0. The summed E-state index contributed by atoms with van der Waals surface area (Å²) in [5.41, 5.74) is 0.958. The molecule has 0 bridgehead atoms. The lowest BCUT2D eigenvalue weighted by atomic mass is 9.89. The summed E-state index contributed by atoms with van der Waals surface area (Å²) in [5.74, 6) is 0. The molecular formula is C9H15N3OS. The second-order valence-electron chi connectivity index (χ2n) is 4.35. The summed E-state index contributed by atoms with van der Waals surface area (Å²) >= 11 is 0. The van der Waals surface area contributed by atoms with Crippen LogP contribution in [0.3, 0.4) is 0 Å². The van der Waals surface area contributed by atoms with Crippen LogP contribution >= 0.6 is 0 Å². The first-order chi connectivity index (χ1) is 6.21. The quantitative estimate of drug-likeness (QED) is 0.723. The smallest absolute Gasteiger partial charge is 0.226 e. The second kappa shape index (κ2) is 3.31. The monoisotopic (exact) mass is 213 g/mol. The van der Waals surface area contributed by atoms with Crippen LogP contribution in [0.1, 0.15) is 26.3 Å². The molecule has 1 aromatic heterocycles. The molecule has 1 heterocycles. The van der Waals surface area contributed by atoms with E-state index in [1.807, 2.05) is 0 Å². The minimum absolute atomic E-state index is 0.0187. The molecule has 0 aliphatic carbocycles. The first-order valence-electron chi connectivity index (χ1n) is 4.27. The Kier molecular flexibility index (Phi) is 2.63. The maximum absolute atomic E-state index is 11.3. The van der Waals surface area contributed by atoms with E-state index in [1.54, 1.807) is 12.4 Å². The standard InChI is InChI=1S/C9H15N3OS/c1-9(2,3)7-5-11-8(12-6-7)14(4,10)13/h5-6,10H,1-4H3/t14-/m1/s1. The SMILES string of the molecule is CC(C)(C)c1cnc([S@](C)(=N)=O)nc1. The Morgan fingerprint density at radius 1 is 1.29 bits per heavy atom. The van der Waals surface area contributed by atoms with Gasteiger partial charge in [0.1, 0.15) is 9.73 Å². The van der Waals surface area contributed by atoms with E-state index in [-0.39, 0.29) is 10.6 Å². The Balaban J connectivity index is 3.14. The number of rotatable bonds is 1. The van der Waals surface area contributed by atoms with Gasteiger partial charge in [0.2, 0.25) is 5.16 Å². The summed E-state index contributed by atoms with van der Waals surface area (Å²) in [6.07, 6.45) is 4.60. The summed E-state index contributed by atoms with van der Waals surface area (Å²) < 4.78 is 18.6. The van der Waals surface area contributed by atoms with E-state index >= 15 is 0 Å². The maximum atomic E-state index is 11.3. The second-order valence-corrected chi connectivity index (χ2v) is 6.40. The van der Waals surface area contributed by atoms with Crippen molar-refractivity contribution >= 4 is 9.73 Å². The molecule has 0 spiro atoms. The van der Waals surface area contributed by atoms with Crippen LogP contribution in [-0.4, -0.2) is 20.4 Å². The highest BCUT2D eigenvalue weighted by Crippen LogP contribution is 2.20. The van der Waals surface area contributed by atoms with E-state index in [9.17, 15) is 4.21 Å². The van der Waals surface area contributed by atoms with Gasteiger partial charge in [-0.1, -0.05) is 20.8 Å². The summed E-state index contributed by atoms with van der Waals surface area (Å²) in [5, 5.41) is 0.102. The highest BCUT2D eigenvalue weighted by atomic mass is 32.2. The number of nitrogens with one attached hydrogen (secondary N) is 1. The Bertz CT molecular complexity index is 414. The van der Waals surface area contributed by atoms with Gasteiger partial charge < -0.3 is 0 Å². The van der Waals surface area contributed by atoms with Gasteiger partial charge in [-0.05, 0) is 11.0 Å². The van der Waals surface area contributed by atoms with Crippen LogP contribution in [0.2, 0.25) is 0 Å². The fourth-order valence-electron chi connectivity index (χ4n) is 0.905. The summed E-state index contributed by atoms with van der Waals surface area (Å²) in [6.45, 7) is 6.15. The predicted octanol–water partition coefficient (Wildman–Crippen LogP) is 1.81. The van der Waals surface area contributed by atoms with Gasteiger partial charge >= 0.3 is 0 Å². The zero-order valence-electron chi connectivity index (χ0n) is 8.87. The van der Waals surface area contributed by atoms with Crippen molar-refractivity contribution in [1.82, 2.24) is 9.97 Å². The Labute approximate surface area is 84.8 Å². The first-order valence-corrected chi connectivity index (χ1v) is 6.24. The van der Waals surface area contributed by atoms with Crippen molar-refractivity contribution < 1.29 is 4.21 Å². The third-order valence-electron chi connectivity index (χ3n) is 1.84. The van der Waals surface area contributed by atoms with Gasteiger partial charge in [-0.15, -0.1) is 0 Å². The van der Waals surface area contributed by atoms with Crippen LogP contribution < -0.4 is 0 Å². The van der Waals surface area contributed by atoms with Crippen molar-refractivity contribution in [2.24, 2.45) is 0 Å². The highest BCUT2D eigenvalue weighted by molar-refractivity contribution is 7.91. The summed E-state index contributed by atoms with van der Waals surface area (Å²) in [6, 6.07) is 0. The molecule has 1 atom stereocenters. The molecule has 0 fully saturated rings. The van der Waals surface area contributed by atoms with E-state index in [0.717, 1.165) is 5.56 Å². The number of nitrogens with zero attached hydrogens (tertiary/aromatic N) is 2. The summed E-state index contributed by atoms with van der Waals surface area (Å²) in [4.78, 5) is 7.88. The van der Waals surface area contributed by atoms with E-state index in [4.69, 9.17) is 4.78 Å². The Morgan fingerprint density at radius 3 is 2.00 bits per heavy atom. The first kappa shape index (κ1) is 11.1. The Morgan fingerprint density at radius 2 is 1.71 bits per heavy atom. The zero-order valence-corrected chi connectivity index (χ0v) is 9.68. The molecule has 0 aliphatic rings. The molecule has 0 saturated carbocycles. The topological polar surface area (TPSA) is 66.7 Å². The molecule has 5 heteroatoms. The van der Waals surface area contributed by atoms with Crippen LogP contribution in [0.25, 0.3) is 0 Å². The van der Waals surface area contributed by atoms with Crippen LogP contribution in [0.4, 0.5) is 0 Å². The van der Waals surface area contributed by atoms with Crippen molar-refractivity contribution in [3.8, 4) is 0 Å². The molecule has 1 aromatic rings. The van der Waals surface area contributed by atoms with Gasteiger partial charge in [0.25, 0.3) is 0 Å². The van der Waals surface area contributed by atoms with Crippen LogP contribution in [0, 0.1) is 4.78 Å². The van der Waals surface area contributed by atoms with E-state index in [1.165, 1.54) is 6.26 Å². The Hall–Kier alpha value is -0.970. The number of hydrogen-bond acceptors (Lipinski definition) is 4. The molecule has 14 heavy (non-hydrogen) atoms. The van der Waals surface area contributed by atoms with Crippen molar-refractivity contribution in [2.45, 2.75) is 31.3 Å². The fraction of sp³-hybridized carbons (Fsp3) is 0.556. The van der Waals surface area contributed by atoms with E-state index in [0.29, 0.717) is 0 Å². The molecule has 1 rings (SSSR count). The average Bonchev–Trinajstić information content (AvgIpc) is 2.01. The number of aromatic nitrogens is 2. The van der Waals surface area contributed by atoms with Gasteiger partial charge in [0.15, 0.2) is 0 Å². The third kappa shape index (κ3) is 2.51. The van der Waals surface area contributed by atoms with E-state index in [2.05, 4.69) is 30.7 Å². The lowest BCUT2D eigenvalue weighted by molar-refractivity contribution is 0.579. The van der Waals surface area contributed by atoms with Gasteiger partial charge in [0, 0.05) is 18.6 Å². The minimum atomic E-state index is -2.79. The highest BCUT2D eigenvalue weighted by Gasteiger charge is 2.15. The lowest BCUT2D eigenvalue weighted by Gasteiger charge is -2.17. The van der Waals surface area contributed by atoms with Crippen LogP contribution in [-0.2, 0) is 15.1 Å². The van der Waals surface area contributed by atoms with Gasteiger partial charge in [-0.2, -0.15) is 0 Å². The molecule has 78 valence electrons.